The molecule has 2 aromatic carbocycles. The Morgan fingerprint density at radius 3 is 2.66 bits per heavy atom. The maximum Gasteiger partial charge on any atom is 0.197 e. The van der Waals surface area contributed by atoms with Crippen molar-refractivity contribution in [2.24, 2.45) is 0 Å². The van der Waals surface area contributed by atoms with Crippen molar-refractivity contribution in [2.75, 3.05) is 20.2 Å². The van der Waals surface area contributed by atoms with E-state index in [0.717, 1.165) is 15.7 Å². The molecule has 2 heterocycles. The molecule has 1 aromatic heterocycles. The Morgan fingerprint density at radius 2 is 1.97 bits per heavy atom. The highest BCUT2D eigenvalue weighted by molar-refractivity contribution is 14.1. The third kappa shape index (κ3) is 3.84. The molecule has 0 aliphatic carbocycles. The number of fused-ring (bicyclic) bond motifs is 1. The lowest BCUT2D eigenvalue weighted by Crippen LogP contribution is -2.32. The summed E-state index contributed by atoms with van der Waals surface area (Å²) >= 11 is 2.18. The van der Waals surface area contributed by atoms with Gasteiger partial charge in [-0.2, -0.15) is 0 Å². The van der Waals surface area contributed by atoms with Crippen LogP contribution in [-0.4, -0.2) is 46.5 Å². The summed E-state index contributed by atoms with van der Waals surface area (Å²) in [4.78, 5) is 14.8. The van der Waals surface area contributed by atoms with Crippen molar-refractivity contribution in [1.29, 1.82) is 0 Å². The molecule has 1 aliphatic heterocycles. The van der Waals surface area contributed by atoms with Crippen molar-refractivity contribution < 1.29 is 19.7 Å². The fourth-order valence-corrected chi connectivity index (χ4v) is 4.62. The highest BCUT2D eigenvalue weighted by Crippen LogP contribution is 2.44. The molecule has 0 amide bonds. The number of phenolic OH excluding ortho intramolecular Hbond substituents is 2. The summed E-state index contributed by atoms with van der Waals surface area (Å²) in [5, 5.41) is 30.8. The fourth-order valence-electron chi connectivity index (χ4n) is 4.08. The predicted molar refractivity (Wildman–Crippen MR) is 122 cm³/mol. The van der Waals surface area contributed by atoms with E-state index in [1.165, 1.54) is 12.1 Å². The smallest absolute Gasteiger partial charge is 0.197 e. The largest absolute Gasteiger partial charge is 0.507 e. The molecule has 1 aliphatic rings. The number of nitrogens with zero attached hydrogens (tertiary/aromatic N) is 1. The lowest BCUT2D eigenvalue weighted by atomic mass is 9.89. The van der Waals surface area contributed by atoms with Crippen LogP contribution in [0.25, 0.3) is 22.3 Å². The van der Waals surface area contributed by atoms with E-state index in [9.17, 15) is 20.1 Å². The van der Waals surface area contributed by atoms with Gasteiger partial charge in [-0.15, -0.1) is 12.4 Å². The zero-order valence-electron chi connectivity index (χ0n) is 15.6. The van der Waals surface area contributed by atoms with Crippen molar-refractivity contribution in [2.45, 2.75) is 18.4 Å². The average molecular weight is 530 g/mol. The summed E-state index contributed by atoms with van der Waals surface area (Å²) in [7, 11) is 1.91. The quantitative estimate of drug-likeness (QED) is 0.448. The standard InChI is InChI=1S/C21H20INO5.ClH/c1-23-6-5-13(14(23)10-24)19-15(25)8-16(26)20-17(27)9-18(28-21(19)20)11-3-2-4-12(22)7-11;/h2-4,7-9,13-14,24-26H,5-6,10H2,1H3;1H. The number of hydrogen-bond donors (Lipinski definition) is 3. The number of halogens is 2. The summed E-state index contributed by atoms with van der Waals surface area (Å²) in [5.74, 6) is -0.292. The average Bonchev–Trinajstić information content (AvgIpc) is 3.01. The number of benzene rings is 2. The predicted octanol–water partition coefficient (Wildman–Crippen LogP) is 3.68. The molecule has 1 fully saturated rings. The Kier molecular flexibility index (Phi) is 6.42. The van der Waals surface area contributed by atoms with E-state index in [1.54, 1.807) is 0 Å². The Morgan fingerprint density at radius 1 is 1.21 bits per heavy atom. The highest BCUT2D eigenvalue weighted by Gasteiger charge is 2.36. The van der Waals surface area contributed by atoms with Crippen LogP contribution >= 0.6 is 35.0 Å². The van der Waals surface area contributed by atoms with Gasteiger partial charge < -0.3 is 24.6 Å². The first-order valence-corrected chi connectivity index (χ1v) is 10.1. The zero-order valence-corrected chi connectivity index (χ0v) is 18.6. The first-order valence-electron chi connectivity index (χ1n) is 9.00. The first-order chi connectivity index (χ1) is 13.4. The van der Waals surface area contributed by atoms with Gasteiger partial charge in [0.25, 0.3) is 0 Å². The van der Waals surface area contributed by atoms with Gasteiger partial charge in [0.2, 0.25) is 0 Å². The van der Waals surface area contributed by atoms with Crippen molar-refractivity contribution in [3.8, 4) is 22.8 Å². The van der Waals surface area contributed by atoms with E-state index in [1.807, 2.05) is 36.2 Å². The van der Waals surface area contributed by atoms with Gasteiger partial charge >= 0.3 is 0 Å². The van der Waals surface area contributed by atoms with E-state index < -0.39 is 0 Å². The molecule has 1 saturated heterocycles. The van der Waals surface area contributed by atoms with Crippen molar-refractivity contribution in [3.63, 3.8) is 0 Å². The monoisotopic (exact) mass is 529 g/mol. The van der Waals surface area contributed by atoms with Gasteiger partial charge in [-0.05, 0) is 54.7 Å². The molecule has 0 spiro atoms. The van der Waals surface area contributed by atoms with E-state index in [0.29, 0.717) is 17.7 Å². The molecule has 0 radical (unpaired) electrons. The molecule has 3 aromatic rings. The van der Waals surface area contributed by atoms with Crippen molar-refractivity contribution in [1.82, 2.24) is 4.90 Å². The van der Waals surface area contributed by atoms with Gasteiger partial charge in [-0.25, -0.2) is 0 Å². The zero-order chi connectivity index (χ0) is 20.0. The number of phenols is 2. The Balaban J connectivity index is 0.00000240. The van der Waals surface area contributed by atoms with Crippen LogP contribution in [0.3, 0.4) is 0 Å². The number of hydrogen-bond acceptors (Lipinski definition) is 6. The molecule has 2 unspecified atom stereocenters. The summed E-state index contributed by atoms with van der Waals surface area (Å²) < 4.78 is 7.09. The summed E-state index contributed by atoms with van der Waals surface area (Å²) in [6.07, 6.45) is 0.701. The van der Waals surface area contributed by atoms with Crippen LogP contribution in [0.4, 0.5) is 0 Å². The van der Waals surface area contributed by atoms with Gasteiger partial charge in [0.15, 0.2) is 5.43 Å². The topological polar surface area (TPSA) is 94.1 Å². The van der Waals surface area contributed by atoms with E-state index in [-0.39, 0.29) is 58.9 Å². The Hall–Kier alpha value is -1.81. The summed E-state index contributed by atoms with van der Waals surface area (Å²) in [6.45, 7) is 0.669. The van der Waals surface area contributed by atoms with E-state index in [2.05, 4.69) is 22.6 Å². The highest BCUT2D eigenvalue weighted by atomic mass is 127. The van der Waals surface area contributed by atoms with Crippen LogP contribution in [0.2, 0.25) is 0 Å². The summed E-state index contributed by atoms with van der Waals surface area (Å²) in [5.41, 5.74) is 1.00. The second-order valence-corrected chi connectivity index (χ2v) is 8.39. The number of likely N-dealkylation sites (N-methyl/N-ethyl adjacent to an activating group) is 1. The molecule has 8 heteroatoms. The number of aromatic hydroxyl groups is 2. The number of aliphatic hydroxyl groups excluding tert-OH is 1. The van der Waals surface area contributed by atoms with E-state index >= 15 is 0 Å². The van der Waals surface area contributed by atoms with Gasteiger partial charge in [0, 0.05) is 38.8 Å². The van der Waals surface area contributed by atoms with Crippen LogP contribution in [-0.2, 0) is 0 Å². The van der Waals surface area contributed by atoms with Gasteiger partial charge in [0.05, 0.1) is 6.61 Å². The minimum Gasteiger partial charge on any atom is -0.507 e. The normalized spacial score (nSPS) is 19.4. The fraction of sp³-hybridized carbons (Fsp3) is 0.286. The first kappa shape index (κ1) is 21.9. The number of rotatable bonds is 3. The Bertz CT molecular complexity index is 1120. The number of aliphatic hydroxyl groups is 1. The van der Waals surface area contributed by atoms with Crippen LogP contribution in [0.15, 0.2) is 45.6 Å². The van der Waals surface area contributed by atoms with Gasteiger partial charge in [0.1, 0.15) is 28.2 Å². The second kappa shape index (κ2) is 8.51. The van der Waals surface area contributed by atoms with E-state index in [4.69, 9.17) is 4.42 Å². The second-order valence-electron chi connectivity index (χ2n) is 7.14. The minimum atomic E-state index is -0.374. The molecule has 3 N–H and O–H groups in total. The number of likely N-dealkylation sites (tertiary alicyclic amines) is 1. The van der Waals surface area contributed by atoms with Gasteiger partial charge in [-0.1, -0.05) is 12.1 Å². The van der Waals surface area contributed by atoms with Crippen LogP contribution in [0.5, 0.6) is 11.5 Å². The van der Waals surface area contributed by atoms with Gasteiger partial charge in [-0.3, -0.25) is 4.79 Å². The molecule has 2 atom stereocenters. The maximum absolute atomic E-state index is 12.8. The molecule has 4 rings (SSSR count). The van der Waals surface area contributed by atoms with Crippen LogP contribution in [0, 0.1) is 3.57 Å². The van der Waals surface area contributed by atoms with Crippen LogP contribution < -0.4 is 5.43 Å². The minimum absolute atomic E-state index is 0. The SMILES string of the molecule is CN1CCC(c2c(O)cc(O)c3c(=O)cc(-c4cccc(I)c4)oc23)C1CO.Cl. The molecule has 6 nitrogen and oxygen atoms in total. The lowest BCUT2D eigenvalue weighted by Gasteiger charge is -2.24. The molecular weight excluding hydrogens is 509 g/mol. The molecule has 0 saturated carbocycles. The maximum atomic E-state index is 12.8. The third-order valence-corrected chi connectivity index (χ3v) is 6.16. The molecule has 29 heavy (non-hydrogen) atoms. The molecular formula is C21H21ClINO5. The lowest BCUT2D eigenvalue weighted by molar-refractivity contribution is 0.172. The van der Waals surface area contributed by atoms with Crippen molar-refractivity contribution >= 4 is 46.0 Å². The van der Waals surface area contributed by atoms with Crippen molar-refractivity contribution in [3.05, 3.63) is 55.8 Å². The third-order valence-electron chi connectivity index (χ3n) is 5.49. The molecule has 154 valence electrons. The Labute approximate surface area is 187 Å². The van der Waals surface area contributed by atoms with Crippen LogP contribution in [0.1, 0.15) is 17.9 Å². The summed E-state index contributed by atoms with van der Waals surface area (Å²) in [6, 6.07) is 9.89. The molecule has 0 bridgehead atoms.